The Bertz CT molecular complexity index is 513. The van der Waals surface area contributed by atoms with Crippen molar-refractivity contribution >= 4 is 5.91 Å². The number of hydrogen-bond acceptors (Lipinski definition) is 5. The van der Waals surface area contributed by atoms with Crippen LogP contribution in [0, 0.1) is 0 Å². The van der Waals surface area contributed by atoms with E-state index >= 15 is 0 Å². The Morgan fingerprint density at radius 3 is 1.85 bits per heavy atom. The summed E-state index contributed by atoms with van der Waals surface area (Å²) < 4.78 is 4.73. The van der Waals surface area contributed by atoms with E-state index in [1.165, 1.54) is 57.8 Å². The topological polar surface area (TPSA) is 103 Å². The second-order valence-corrected chi connectivity index (χ2v) is 6.86. The van der Waals surface area contributed by atoms with E-state index in [1.807, 2.05) is 0 Å². The number of amides is 1. The first kappa shape index (κ1) is 22.4. The summed E-state index contributed by atoms with van der Waals surface area (Å²) in [6, 6.07) is 0. The van der Waals surface area contributed by atoms with Crippen molar-refractivity contribution in [2.75, 3.05) is 6.54 Å². The van der Waals surface area contributed by atoms with Gasteiger partial charge in [0.05, 0.1) is 0 Å². The van der Waals surface area contributed by atoms with E-state index in [9.17, 15) is 15.0 Å². The Morgan fingerprint density at radius 2 is 1.38 bits per heavy atom. The summed E-state index contributed by atoms with van der Waals surface area (Å²) in [4.78, 5) is 11.9. The lowest BCUT2D eigenvalue weighted by molar-refractivity contribution is 0.0945. The maximum Gasteiger partial charge on any atom is 0.299 e. The standard InChI is InChI=1S/C20H35NO5/c1-2-3-4-5-6-7-8-9-10-11-12-13-14-21-19(24)17-18(23)16(15-22)26-20(17)25/h22-23,25H,2-15H2,1H3,(H,21,24). The van der Waals surface area contributed by atoms with E-state index in [1.54, 1.807) is 0 Å². The molecule has 1 aromatic heterocycles. The van der Waals surface area contributed by atoms with Crippen LogP contribution in [0.15, 0.2) is 4.42 Å². The molecule has 6 heteroatoms. The monoisotopic (exact) mass is 369 g/mol. The quantitative estimate of drug-likeness (QED) is 0.338. The summed E-state index contributed by atoms with van der Waals surface area (Å²) in [5, 5.41) is 30.8. The summed E-state index contributed by atoms with van der Waals surface area (Å²) in [5.41, 5.74) is -0.312. The van der Waals surface area contributed by atoms with Crippen LogP contribution in [-0.2, 0) is 6.61 Å². The van der Waals surface area contributed by atoms with E-state index in [-0.39, 0.29) is 11.3 Å². The summed E-state index contributed by atoms with van der Waals surface area (Å²) in [5.74, 6) is -1.97. The maximum atomic E-state index is 11.9. The van der Waals surface area contributed by atoms with E-state index in [0.29, 0.717) is 6.54 Å². The molecule has 4 N–H and O–H groups in total. The Kier molecular flexibility index (Phi) is 11.6. The molecule has 26 heavy (non-hydrogen) atoms. The average Bonchev–Trinajstić information content (AvgIpc) is 2.92. The van der Waals surface area contributed by atoms with E-state index < -0.39 is 24.2 Å². The van der Waals surface area contributed by atoms with Gasteiger partial charge in [-0.15, -0.1) is 0 Å². The van der Waals surface area contributed by atoms with Crippen LogP contribution in [0.4, 0.5) is 0 Å². The van der Waals surface area contributed by atoms with Crippen molar-refractivity contribution < 1.29 is 24.5 Å². The molecule has 0 saturated heterocycles. The van der Waals surface area contributed by atoms with E-state index in [2.05, 4.69) is 12.2 Å². The van der Waals surface area contributed by atoms with Gasteiger partial charge in [-0.25, -0.2) is 0 Å². The van der Waals surface area contributed by atoms with Gasteiger partial charge in [0, 0.05) is 6.54 Å². The molecular formula is C20H35NO5. The molecule has 0 aromatic carbocycles. The summed E-state index contributed by atoms with van der Waals surface area (Å²) in [7, 11) is 0. The van der Waals surface area contributed by atoms with Crippen LogP contribution in [0.2, 0.25) is 0 Å². The van der Waals surface area contributed by atoms with Crippen LogP contribution < -0.4 is 5.32 Å². The lowest BCUT2D eigenvalue weighted by atomic mass is 10.1. The molecule has 0 unspecified atom stereocenters. The third-order valence-electron chi connectivity index (χ3n) is 4.62. The van der Waals surface area contributed by atoms with Gasteiger partial charge in [0.25, 0.3) is 11.9 Å². The van der Waals surface area contributed by atoms with Crippen LogP contribution in [-0.4, -0.2) is 27.8 Å². The highest BCUT2D eigenvalue weighted by atomic mass is 16.5. The van der Waals surface area contributed by atoms with Crippen LogP contribution in [0.1, 0.15) is 100 Å². The van der Waals surface area contributed by atoms with Gasteiger partial charge in [0.15, 0.2) is 17.1 Å². The molecular weight excluding hydrogens is 334 g/mol. The molecule has 0 bridgehead atoms. The molecule has 1 amide bonds. The van der Waals surface area contributed by atoms with E-state index in [0.717, 1.165) is 19.3 Å². The summed E-state index contributed by atoms with van der Waals surface area (Å²) in [6.07, 6.45) is 15.0. The molecule has 6 nitrogen and oxygen atoms in total. The van der Waals surface area contributed by atoms with Crippen molar-refractivity contribution in [1.29, 1.82) is 0 Å². The molecule has 1 aromatic rings. The van der Waals surface area contributed by atoms with Crippen molar-refractivity contribution in [2.45, 2.75) is 90.6 Å². The number of carbonyl (C=O) groups is 1. The largest absolute Gasteiger partial charge is 0.504 e. The highest BCUT2D eigenvalue weighted by Crippen LogP contribution is 2.33. The number of aromatic hydroxyl groups is 2. The van der Waals surface area contributed by atoms with Gasteiger partial charge >= 0.3 is 0 Å². The molecule has 0 saturated carbocycles. The lowest BCUT2D eigenvalue weighted by Gasteiger charge is -2.05. The van der Waals surface area contributed by atoms with Gasteiger partial charge in [0.2, 0.25) is 0 Å². The number of unbranched alkanes of at least 4 members (excludes halogenated alkanes) is 11. The second kappa shape index (κ2) is 13.5. The smallest absolute Gasteiger partial charge is 0.299 e. The van der Waals surface area contributed by atoms with Gasteiger partial charge in [-0.05, 0) is 6.42 Å². The Hall–Kier alpha value is -1.69. The molecule has 0 atom stereocenters. The normalized spacial score (nSPS) is 11.0. The van der Waals surface area contributed by atoms with Crippen molar-refractivity contribution in [3.8, 4) is 11.7 Å². The number of hydrogen-bond donors (Lipinski definition) is 4. The first-order chi connectivity index (χ1) is 12.6. The maximum absolute atomic E-state index is 11.9. The number of rotatable bonds is 15. The zero-order chi connectivity index (χ0) is 19.2. The summed E-state index contributed by atoms with van der Waals surface area (Å²) >= 11 is 0. The number of carbonyl (C=O) groups excluding carboxylic acids is 1. The number of aliphatic hydroxyl groups is 1. The highest BCUT2D eigenvalue weighted by molar-refractivity contribution is 5.99. The Morgan fingerprint density at radius 1 is 0.885 bits per heavy atom. The minimum absolute atomic E-state index is 0.210. The molecule has 0 spiro atoms. The van der Waals surface area contributed by atoms with Crippen LogP contribution in [0.25, 0.3) is 0 Å². The molecule has 0 aliphatic rings. The number of nitrogens with one attached hydrogen (secondary N) is 1. The zero-order valence-electron chi connectivity index (χ0n) is 16.1. The molecule has 150 valence electrons. The third-order valence-corrected chi connectivity index (χ3v) is 4.62. The van der Waals surface area contributed by atoms with Gasteiger partial charge in [0.1, 0.15) is 6.61 Å². The minimum Gasteiger partial charge on any atom is -0.504 e. The third kappa shape index (κ3) is 8.13. The van der Waals surface area contributed by atoms with Crippen molar-refractivity contribution in [3.05, 3.63) is 11.3 Å². The van der Waals surface area contributed by atoms with Crippen molar-refractivity contribution in [1.82, 2.24) is 5.32 Å². The van der Waals surface area contributed by atoms with Gasteiger partial charge in [-0.2, -0.15) is 0 Å². The van der Waals surface area contributed by atoms with Crippen molar-refractivity contribution in [2.24, 2.45) is 0 Å². The molecule has 0 fully saturated rings. The fourth-order valence-corrected chi connectivity index (χ4v) is 3.02. The number of furan rings is 1. The predicted molar refractivity (Wildman–Crippen MR) is 101 cm³/mol. The van der Waals surface area contributed by atoms with Gasteiger partial charge < -0.3 is 25.1 Å². The van der Waals surface area contributed by atoms with Crippen LogP contribution in [0.3, 0.4) is 0 Å². The summed E-state index contributed by atoms with van der Waals surface area (Å²) in [6.45, 7) is 2.14. The second-order valence-electron chi connectivity index (χ2n) is 6.86. The Balaban J connectivity index is 2.01. The van der Waals surface area contributed by atoms with Crippen LogP contribution in [0.5, 0.6) is 11.7 Å². The van der Waals surface area contributed by atoms with E-state index in [4.69, 9.17) is 9.52 Å². The van der Waals surface area contributed by atoms with Crippen molar-refractivity contribution in [3.63, 3.8) is 0 Å². The molecule has 1 rings (SSSR count). The SMILES string of the molecule is CCCCCCCCCCCCCCNC(=O)c1c(O)oc(CO)c1O. The first-order valence-electron chi connectivity index (χ1n) is 10.0. The molecule has 0 radical (unpaired) electrons. The van der Waals surface area contributed by atoms with Gasteiger partial charge in [-0.1, -0.05) is 77.6 Å². The minimum atomic E-state index is -0.668. The lowest BCUT2D eigenvalue weighted by Crippen LogP contribution is -2.24. The Labute approximate surface area is 156 Å². The molecule has 0 aliphatic heterocycles. The zero-order valence-corrected chi connectivity index (χ0v) is 16.1. The molecule has 0 aliphatic carbocycles. The first-order valence-corrected chi connectivity index (χ1v) is 10.0. The highest BCUT2D eigenvalue weighted by Gasteiger charge is 2.24. The molecule has 1 heterocycles. The fraction of sp³-hybridized carbons (Fsp3) is 0.750. The number of aliphatic hydroxyl groups excluding tert-OH is 1. The fourth-order valence-electron chi connectivity index (χ4n) is 3.02. The van der Waals surface area contributed by atoms with Crippen LogP contribution >= 0.6 is 0 Å². The predicted octanol–water partition coefficient (Wildman–Crippen LogP) is 4.61. The van der Waals surface area contributed by atoms with Gasteiger partial charge in [-0.3, -0.25) is 4.79 Å². The average molecular weight is 370 g/mol.